The van der Waals surface area contributed by atoms with E-state index in [0.29, 0.717) is 5.92 Å². The molecular weight excluding hydrogens is 348 g/mol. The van der Waals surface area contributed by atoms with Crippen LogP contribution in [0.25, 0.3) is 0 Å². The zero-order chi connectivity index (χ0) is 14.8. The third-order valence-electron chi connectivity index (χ3n) is 5.48. The molecule has 116 valence electrons. The fourth-order valence-electron chi connectivity index (χ4n) is 4.35. The van der Waals surface area contributed by atoms with Crippen LogP contribution in [-0.2, 0) is 0 Å². The molecule has 2 aliphatic carbocycles. The van der Waals surface area contributed by atoms with Crippen molar-refractivity contribution in [3.63, 3.8) is 0 Å². The van der Waals surface area contributed by atoms with Crippen LogP contribution in [0.2, 0.25) is 0 Å². The van der Waals surface area contributed by atoms with Gasteiger partial charge in [-0.2, -0.15) is 0 Å². The molecule has 4 unspecified atom stereocenters. The van der Waals surface area contributed by atoms with Crippen LogP contribution in [0.1, 0.15) is 55.9 Å². The number of alkyl halides is 1. The maximum atomic E-state index is 6.87. The first-order valence-electron chi connectivity index (χ1n) is 8.16. The van der Waals surface area contributed by atoms with E-state index in [2.05, 4.69) is 22.0 Å². The Morgan fingerprint density at radius 3 is 2.67 bits per heavy atom. The van der Waals surface area contributed by atoms with Crippen molar-refractivity contribution in [1.82, 2.24) is 0 Å². The van der Waals surface area contributed by atoms with E-state index in [1.165, 1.54) is 44.9 Å². The smallest absolute Gasteiger partial charge is 0.123 e. The Balaban J connectivity index is 1.76. The number of halogens is 2. The van der Waals surface area contributed by atoms with Crippen molar-refractivity contribution < 1.29 is 4.74 Å². The standard InChI is InChI=1S/C18H24BrClO/c1-21-17-9-8-15(19)11-16(17)18(20)14-7-6-12-4-2-3-5-13(12)10-14/h8-9,11-14,18H,2-7,10H2,1H3. The van der Waals surface area contributed by atoms with Crippen molar-refractivity contribution in [2.24, 2.45) is 17.8 Å². The molecule has 1 nitrogen and oxygen atoms in total. The minimum Gasteiger partial charge on any atom is -0.496 e. The van der Waals surface area contributed by atoms with Crippen molar-refractivity contribution in [3.05, 3.63) is 28.2 Å². The van der Waals surface area contributed by atoms with Gasteiger partial charge in [-0.25, -0.2) is 0 Å². The minimum atomic E-state index is 0.0697. The topological polar surface area (TPSA) is 9.23 Å². The van der Waals surface area contributed by atoms with Gasteiger partial charge in [-0.3, -0.25) is 0 Å². The second kappa shape index (κ2) is 6.91. The Morgan fingerprint density at radius 2 is 1.90 bits per heavy atom. The maximum Gasteiger partial charge on any atom is 0.123 e. The summed E-state index contributed by atoms with van der Waals surface area (Å²) in [6.45, 7) is 0. The van der Waals surface area contributed by atoms with Crippen molar-refractivity contribution in [2.45, 2.75) is 50.3 Å². The first kappa shape index (κ1) is 15.7. The van der Waals surface area contributed by atoms with Crippen molar-refractivity contribution >= 4 is 27.5 Å². The summed E-state index contributed by atoms with van der Waals surface area (Å²) in [6.07, 6.45) is 9.66. The molecule has 3 rings (SSSR count). The summed E-state index contributed by atoms with van der Waals surface area (Å²) in [7, 11) is 1.73. The van der Waals surface area contributed by atoms with E-state index in [1.807, 2.05) is 12.1 Å². The molecule has 2 fully saturated rings. The zero-order valence-corrected chi connectivity index (χ0v) is 15.0. The van der Waals surface area contributed by atoms with Crippen molar-refractivity contribution in [2.75, 3.05) is 7.11 Å². The molecule has 0 aliphatic heterocycles. The molecule has 0 amide bonds. The summed E-state index contributed by atoms with van der Waals surface area (Å²) in [5.41, 5.74) is 1.15. The summed E-state index contributed by atoms with van der Waals surface area (Å²) in [6, 6.07) is 6.16. The van der Waals surface area contributed by atoms with Gasteiger partial charge < -0.3 is 4.74 Å². The number of fused-ring (bicyclic) bond motifs is 1. The van der Waals surface area contributed by atoms with Gasteiger partial charge in [-0.15, -0.1) is 11.6 Å². The van der Waals surface area contributed by atoms with Crippen LogP contribution < -0.4 is 4.74 Å². The molecule has 0 saturated heterocycles. The average Bonchev–Trinajstić information content (AvgIpc) is 2.53. The highest BCUT2D eigenvalue weighted by atomic mass is 79.9. The molecule has 0 heterocycles. The molecule has 1 aromatic carbocycles. The number of rotatable bonds is 3. The fourth-order valence-corrected chi connectivity index (χ4v) is 5.13. The van der Waals surface area contributed by atoms with Crippen LogP contribution >= 0.6 is 27.5 Å². The Bertz CT molecular complexity index is 490. The lowest BCUT2D eigenvalue weighted by molar-refractivity contribution is 0.127. The molecule has 2 aliphatic rings. The quantitative estimate of drug-likeness (QED) is 0.563. The Kier molecular flexibility index (Phi) is 5.16. The van der Waals surface area contributed by atoms with E-state index >= 15 is 0 Å². The summed E-state index contributed by atoms with van der Waals surface area (Å²) in [4.78, 5) is 0. The minimum absolute atomic E-state index is 0.0697. The van der Waals surface area contributed by atoms with Gasteiger partial charge in [0.25, 0.3) is 0 Å². The van der Waals surface area contributed by atoms with Gasteiger partial charge in [-0.05, 0) is 55.2 Å². The molecule has 0 N–H and O–H groups in total. The van der Waals surface area contributed by atoms with Crippen LogP contribution in [0, 0.1) is 17.8 Å². The average molecular weight is 372 g/mol. The van der Waals surface area contributed by atoms with Gasteiger partial charge in [0.15, 0.2) is 0 Å². The van der Waals surface area contributed by atoms with E-state index in [4.69, 9.17) is 16.3 Å². The van der Waals surface area contributed by atoms with Gasteiger partial charge in [0.05, 0.1) is 12.5 Å². The van der Waals surface area contributed by atoms with Crippen LogP contribution in [-0.4, -0.2) is 7.11 Å². The molecule has 4 atom stereocenters. The highest BCUT2D eigenvalue weighted by Gasteiger charge is 2.36. The lowest BCUT2D eigenvalue weighted by Gasteiger charge is -2.41. The molecule has 0 spiro atoms. The first-order valence-corrected chi connectivity index (χ1v) is 9.39. The SMILES string of the molecule is COc1ccc(Br)cc1C(Cl)C1CCC2CCCCC2C1. The fraction of sp³-hybridized carbons (Fsp3) is 0.667. The third kappa shape index (κ3) is 3.42. The van der Waals surface area contributed by atoms with Gasteiger partial charge in [0.2, 0.25) is 0 Å². The molecule has 1 aromatic rings. The molecule has 0 radical (unpaired) electrons. The number of ether oxygens (including phenoxy) is 1. The molecule has 2 saturated carbocycles. The first-order chi connectivity index (χ1) is 10.2. The Hall–Kier alpha value is -0.210. The summed E-state index contributed by atoms with van der Waals surface area (Å²) in [5, 5.41) is 0.0697. The predicted molar refractivity (Wildman–Crippen MR) is 92.1 cm³/mol. The van der Waals surface area contributed by atoms with Crippen molar-refractivity contribution in [1.29, 1.82) is 0 Å². The highest BCUT2D eigenvalue weighted by molar-refractivity contribution is 9.10. The number of hydrogen-bond acceptors (Lipinski definition) is 1. The van der Waals surface area contributed by atoms with E-state index < -0.39 is 0 Å². The largest absolute Gasteiger partial charge is 0.496 e. The van der Waals surface area contributed by atoms with Crippen molar-refractivity contribution in [3.8, 4) is 5.75 Å². The van der Waals surface area contributed by atoms with Gasteiger partial charge in [-0.1, -0.05) is 41.6 Å². The van der Waals surface area contributed by atoms with Gasteiger partial charge >= 0.3 is 0 Å². The number of hydrogen-bond donors (Lipinski definition) is 0. The van der Waals surface area contributed by atoms with Crippen LogP contribution in [0.5, 0.6) is 5.75 Å². The second-order valence-corrected chi connectivity index (χ2v) is 8.05. The number of benzene rings is 1. The molecular formula is C18H24BrClO. The summed E-state index contributed by atoms with van der Waals surface area (Å²) < 4.78 is 6.59. The molecule has 0 bridgehead atoms. The van der Waals surface area contributed by atoms with Gasteiger partial charge in [0, 0.05) is 10.0 Å². The number of methoxy groups -OCH3 is 1. The normalized spacial score (nSPS) is 30.5. The van der Waals surface area contributed by atoms with E-state index in [-0.39, 0.29) is 5.38 Å². The van der Waals surface area contributed by atoms with Crippen LogP contribution in [0.4, 0.5) is 0 Å². The maximum absolute atomic E-state index is 6.87. The Labute approximate surface area is 141 Å². The monoisotopic (exact) mass is 370 g/mol. The molecule has 3 heteroatoms. The zero-order valence-electron chi connectivity index (χ0n) is 12.7. The highest BCUT2D eigenvalue weighted by Crippen LogP contribution is 2.49. The molecule has 0 aromatic heterocycles. The summed E-state index contributed by atoms with van der Waals surface area (Å²) in [5.74, 6) is 3.40. The Morgan fingerprint density at radius 1 is 1.14 bits per heavy atom. The van der Waals surface area contributed by atoms with Crippen LogP contribution in [0.3, 0.4) is 0 Å². The van der Waals surface area contributed by atoms with Crippen LogP contribution in [0.15, 0.2) is 22.7 Å². The predicted octanol–water partition coefficient (Wildman–Crippen LogP) is 6.34. The lowest BCUT2D eigenvalue weighted by atomic mass is 9.66. The lowest BCUT2D eigenvalue weighted by Crippen LogP contribution is -2.29. The van der Waals surface area contributed by atoms with E-state index in [1.54, 1.807) is 7.11 Å². The molecule has 21 heavy (non-hydrogen) atoms. The van der Waals surface area contributed by atoms with E-state index in [0.717, 1.165) is 27.6 Å². The third-order valence-corrected chi connectivity index (χ3v) is 6.57. The van der Waals surface area contributed by atoms with E-state index in [9.17, 15) is 0 Å². The summed E-state index contributed by atoms with van der Waals surface area (Å²) >= 11 is 10.4. The second-order valence-electron chi connectivity index (χ2n) is 6.67. The van der Waals surface area contributed by atoms with Gasteiger partial charge in [0.1, 0.15) is 5.75 Å².